The summed E-state index contributed by atoms with van der Waals surface area (Å²) in [4.78, 5) is 43.3. The maximum Gasteiger partial charge on any atom is 0.352 e. The molecule has 0 aliphatic rings. The molecule has 0 fully saturated rings. The van der Waals surface area contributed by atoms with Crippen molar-refractivity contribution in [3.63, 3.8) is 0 Å². The molecule has 4 rings (SSSR count). The second-order valence-electron chi connectivity index (χ2n) is 7.22. The minimum absolute atomic E-state index is 0.00281. The van der Waals surface area contributed by atoms with Gasteiger partial charge in [0.1, 0.15) is 0 Å². The number of carbonyl (C=O) groups excluding carboxylic acids is 1. The molecule has 4 aromatic rings. The van der Waals surface area contributed by atoms with Crippen LogP contribution in [0.2, 0.25) is 5.02 Å². The Hall–Kier alpha value is -4.04. The number of nitrogens with one attached hydrogen (secondary N) is 1. The van der Waals surface area contributed by atoms with Crippen molar-refractivity contribution in [2.75, 3.05) is 6.54 Å². The molecule has 1 N–H and O–H groups in total. The van der Waals surface area contributed by atoms with Gasteiger partial charge in [0.15, 0.2) is 0 Å². The Balaban J connectivity index is 1.70. The van der Waals surface area contributed by atoms with Gasteiger partial charge in [-0.25, -0.2) is 4.79 Å². The lowest BCUT2D eigenvalue weighted by Gasteiger charge is -2.12. The number of halogens is 1. The molecule has 0 spiro atoms. The van der Waals surface area contributed by atoms with Gasteiger partial charge < -0.3 is 5.32 Å². The van der Waals surface area contributed by atoms with Crippen LogP contribution < -0.4 is 16.6 Å². The minimum atomic E-state index is -0.760. The van der Waals surface area contributed by atoms with Crippen LogP contribution in [-0.2, 0) is 13.0 Å². The van der Waals surface area contributed by atoms with Gasteiger partial charge in [-0.05, 0) is 42.0 Å². The molecule has 0 bridgehead atoms. The highest BCUT2D eigenvalue weighted by Gasteiger charge is 2.20. The zero-order chi connectivity index (χ0) is 23.2. The lowest BCUT2D eigenvalue weighted by Crippen LogP contribution is -2.46. The van der Waals surface area contributed by atoms with Crippen LogP contribution in [0.15, 0.2) is 88.6 Å². The number of carbonyl (C=O) groups is 1. The molecule has 8 nitrogen and oxygen atoms in total. The summed E-state index contributed by atoms with van der Waals surface area (Å²) in [5.74, 6) is -0.666. The van der Waals surface area contributed by atoms with Crippen LogP contribution in [0.5, 0.6) is 0 Å². The van der Waals surface area contributed by atoms with E-state index in [-0.39, 0.29) is 18.8 Å². The first-order valence-electron chi connectivity index (χ1n) is 10.2. The minimum Gasteiger partial charge on any atom is -0.350 e. The number of rotatable bonds is 7. The second kappa shape index (κ2) is 10.1. The Morgan fingerprint density at radius 2 is 1.67 bits per heavy atom. The molecule has 9 heteroatoms. The van der Waals surface area contributed by atoms with Gasteiger partial charge in [-0.1, -0.05) is 48.0 Å². The van der Waals surface area contributed by atoms with Gasteiger partial charge in [-0.15, -0.1) is 0 Å². The fourth-order valence-electron chi connectivity index (χ4n) is 3.25. The number of hydrogen-bond donors (Lipinski definition) is 1. The van der Waals surface area contributed by atoms with Gasteiger partial charge >= 0.3 is 5.69 Å². The average molecular weight is 462 g/mol. The van der Waals surface area contributed by atoms with Gasteiger partial charge in [0.2, 0.25) is 5.69 Å². The van der Waals surface area contributed by atoms with E-state index in [1.807, 2.05) is 30.3 Å². The van der Waals surface area contributed by atoms with Crippen molar-refractivity contribution in [2.24, 2.45) is 0 Å². The summed E-state index contributed by atoms with van der Waals surface area (Å²) in [6, 6.07) is 21.0. The molecule has 33 heavy (non-hydrogen) atoms. The quantitative estimate of drug-likeness (QED) is 0.456. The second-order valence-corrected chi connectivity index (χ2v) is 7.66. The topological polar surface area (TPSA) is 98.9 Å². The maximum atomic E-state index is 13.1. The van der Waals surface area contributed by atoms with Gasteiger partial charge in [0, 0.05) is 29.9 Å². The molecule has 0 radical (unpaired) electrons. The SMILES string of the molecule is O=C(NCCc1ccccn1)c1nn(-c2ccc(Cl)cc2)c(=O)n(Cc2ccccc2)c1=O. The van der Waals surface area contributed by atoms with Crippen molar-refractivity contribution in [1.82, 2.24) is 24.6 Å². The van der Waals surface area contributed by atoms with Crippen LogP contribution in [0.4, 0.5) is 0 Å². The molecule has 0 saturated carbocycles. The Bertz CT molecular complexity index is 1370. The fourth-order valence-corrected chi connectivity index (χ4v) is 3.37. The predicted molar refractivity (Wildman–Crippen MR) is 125 cm³/mol. The molecule has 0 aliphatic carbocycles. The van der Waals surface area contributed by atoms with Gasteiger partial charge in [-0.3, -0.25) is 19.1 Å². The number of hydrogen-bond acceptors (Lipinski definition) is 5. The summed E-state index contributed by atoms with van der Waals surface area (Å²) in [5.41, 5.74) is 0.140. The van der Waals surface area contributed by atoms with Gasteiger partial charge in [-0.2, -0.15) is 9.78 Å². The maximum absolute atomic E-state index is 13.1. The van der Waals surface area contributed by atoms with E-state index in [2.05, 4.69) is 15.4 Å². The number of benzene rings is 2. The Morgan fingerprint density at radius 3 is 2.36 bits per heavy atom. The summed E-state index contributed by atoms with van der Waals surface area (Å²) in [7, 11) is 0. The van der Waals surface area contributed by atoms with E-state index >= 15 is 0 Å². The lowest BCUT2D eigenvalue weighted by atomic mass is 10.2. The first-order chi connectivity index (χ1) is 16.0. The summed E-state index contributed by atoms with van der Waals surface area (Å²) in [6.07, 6.45) is 2.16. The molecular formula is C24H20ClN5O3. The Kier molecular flexibility index (Phi) is 6.75. The smallest absolute Gasteiger partial charge is 0.350 e. The van der Waals surface area contributed by atoms with Crippen LogP contribution in [0, 0.1) is 0 Å². The van der Waals surface area contributed by atoms with Crippen molar-refractivity contribution in [3.05, 3.63) is 122 Å². The van der Waals surface area contributed by atoms with Crippen LogP contribution >= 0.6 is 11.6 Å². The third kappa shape index (κ3) is 5.24. The first kappa shape index (κ1) is 22.2. The summed E-state index contributed by atoms with van der Waals surface area (Å²) in [6.45, 7) is 0.262. The third-order valence-electron chi connectivity index (χ3n) is 4.92. The van der Waals surface area contributed by atoms with Crippen LogP contribution in [0.3, 0.4) is 0 Å². The van der Waals surface area contributed by atoms with Crippen LogP contribution in [-0.4, -0.2) is 31.8 Å². The van der Waals surface area contributed by atoms with E-state index in [1.165, 1.54) is 0 Å². The van der Waals surface area contributed by atoms with Gasteiger partial charge in [0.25, 0.3) is 11.5 Å². The predicted octanol–water partition coefficient (Wildman–Crippen LogP) is 2.46. The molecule has 2 aromatic heterocycles. The summed E-state index contributed by atoms with van der Waals surface area (Å²) >= 11 is 5.96. The van der Waals surface area contributed by atoms with E-state index < -0.39 is 17.2 Å². The summed E-state index contributed by atoms with van der Waals surface area (Å²) < 4.78 is 2.04. The molecular weight excluding hydrogens is 442 g/mol. The van der Waals surface area contributed by atoms with Gasteiger partial charge in [0.05, 0.1) is 12.2 Å². The Labute approximate surface area is 194 Å². The molecule has 0 saturated heterocycles. The third-order valence-corrected chi connectivity index (χ3v) is 5.17. The number of aromatic nitrogens is 4. The molecule has 2 aromatic carbocycles. The van der Waals surface area contributed by atoms with Crippen LogP contribution in [0.1, 0.15) is 21.7 Å². The van der Waals surface area contributed by atoms with E-state index in [1.54, 1.807) is 48.7 Å². The fraction of sp³-hybridized carbons (Fsp3) is 0.125. The van der Waals surface area contributed by atoms with E-state index in [9.17, 15) is 14.4 Å². The zero-order valence-corrected chi connectivity index (χ0v) is 18.3. The number of amides is 1. The number of nitrogens with zero attached hydrogens (tertiary/aromatic N) is 4. The van der Waals surface area contributed by atoms with Crippen molar-refractivity contribution in [1.29, 1.82) is 0 Å². The molecule has 0 unspecified atom stereocenters. The first-order valence-corrected chi connectivity index (χ1v) is 10.6. The van der Waals surface area contributed by atoms with Crippen molar-refractivity contribution in [3.8, 4) is 5.69 Å². The molecule has 166 valence electrons. The van der Waals surface area contributed by atoms with E-state index in [0.29, 0.717) is 17.1 Å². The van der Waals surface area contributed by atoms with Crippen molar-refractivity contribution >= 4 is 17.5 Å². The summed E-state index contributed by atoms with van der Waals surface area (Å²) in [5, 5.41) is 7.28. The number of pyridine rings is 1. The van der Waals surface area contributed by atoms with E-state index in [0.717, 1.165) is 20.5 Å². The highest BCUT2D eigenvalue weighted by Crippen LogP contribution is 2.11. The molecule has 0 aliphatic heterocycles. The normalized spacial score (nSPS) is 10.7. The van der Waals surface area contributed by atoms with Crippen molar-refractivity contribution in [2.45, 2.75) is 13.0 Å². The largest absolute Gasteiger partial charge is 0.352 e. The van der Waals surface area contributed by atoms with Crippen molar-refractivity contribution < 1.29 is 4.79 Å². The highest BCUT2D eigenvalue weighted by atomic mass is 35.5. The van der Waals surface area contributed by atoms with E-state index in [4.69, 9.17) is 11.6 Å². The molecule has 1 amide bonds. The lowest BCUT2D eigenvalue weighted by molar-refractivity contribution is 0.0944. The highest BCUT2D eigenvalue weighted by molar-refractivity contribution is 6.30. The Morgan fingerprint density at radius 1 is 0.939 bits per heavy atom. The standard InChI is InChI=1S/C24H20ClN5O3/c25-18-9-11-20(12-10-18)30-24(33)29(16-17-6-2-1-3-7-17)23(32)21(28-30)22(31)27-15-13-19-8-4-5-14-26-19/h1-12,14H,13,15-16H2,(H,27,31). The average Bonchev–Trinajstić information content (AvgIpc) is 2.84. The molecule has 0 atom stereocenters. The zero-order valence-electron chi connectivity index (χ0n) is 17.5. The van der Waals surface area contributed by atoms with Crippen LogP contribution in [0.25, 0.3) is 5.69 Å². The molecule has 2 heterocycles. The monoisotopic (exact) mass is 461 g/mol.